The third kappa shape index (κ3) is 8.64. The number of nitrogens with one attached hydrogen (secondary N) is 2. The lowest BCUT2D eigenvalue weighted by Crippen LogP contribution is -2.33. The van der Waals surface area contributed by atoms with Crippen LogP contribution in [0.2, 0.25) is 5.02 Å². The predicted octanol–water partition coefficient (Wildman–Crippen LogP) is 6.23. The number of halogens is 1. The summed E-state index contributed by atoms with van der Waals surface area (Å²) in [6.45, 7) is 5.80. The van der Waals surface area contributed by atoms with Gasteiger partial charge >= 0.3 is 5.97 Å². The molecule has 0 atom stereocenters. The monoisotopic (exact) mass is 639 g/mol. The number of hydrogen-bond donors (Lipinski definition) is 2. The van der Waals surface area contributed by atoms with Crippen LogP contribution in [0.4, 0.5) is 11.4 Å². The summed E-state index contributed by atoms with van der Waals surface area (Å²) >= 11 is 6.21. The minimum atomic E-state index is -0.737. The Kier molecular flexibility index (Phi) is 11.3. The molecule has 46 heavy (non-hydrogen) atoms. The van der Waals surface area contributed by atoms with Crippen molar-refractivity contribution < 1.29 is 24.0 Å². The number of hydrazone groups is 1. The number of esters is 1. The van der Waals surface area contributed by atoms with Gasteiger partial charge in [-0.3, -0.25) is 19.7 Å². The van der Waals surface area contributed by atoms with E-state index in [1.165, 1.54) is 42.6 Å². The van der Waals surface area contributed by atoms with Crippen molar-refractivity contribution in [3.05, 3.63) is 140 Å². The first-order chi connectivity index (χ1) is 22.2. The molecule has 0 aliphatic carbocycles. The van der Waals surface area contributed by atoms with Crippen molar-refractivity contribution in [1.29, 1.82) is 0 Å². The Morgan fingerprint density at radius 1 is 0.913 bits per heavy atom. The SMILES string of the molecule is CCN(CC)c1ccc(/C=C(/NC(=O)c2ccccc2Cl)C(=O)N/N=C\c2ccccc2OC(=O)c2ccc([N+](=O)[O-])cc2)cc1. The second kappa shape index (κ2) is 15.8. The molecule has 0 saturated carbocycles. The standard InChI is InChI=1S/C34H30ClN5O6/c1-3-39(4-2)26-17-13-23(14-18-26)21-30(37-32(41)28-10-6-7-11-29(28)35)33(42)38-36-22-25-9-5-8-12-31(25)46-34(43)24-15-19-27(20-16-24)40(44)45/h5-22H,3-4H2,1-2H3,(H,37,41)(H,38,42)/b30-21+,36-22-. The number of nitro groups is 1. The normalized spacial score (nSPS) is 11.2. The maximum absolute atomic E-state index is 13.3. The molecule has 0 bridgehead atoms. The topological polar surface area (TPSA) is 143 Å². The van der Waals surface area contributed by atoms with E-state index >= 15 is 0 Å². The van der Waals surface area contributed by atoms with Crippen LogP contribution >= 0.6 is 11.6 Å². The molecule has 0 spiro atoms. The maximum atomic E-state index is 13.3. The molecule has 2 amide bonds. The van der Waals surface area contributed by atoms with E-state index in [9.17, 15) is 24.5 Å². The predicted molar refractivity (Wildman–Crippen MR) is 177 cm³/mol. The zero-order valence-corrected chi connectivity index (χ0v) is 25.7. The number of rotatable bonds is 12. The number of nitro benzene ring substituents is 1. The number of hydrogen-bond acceptors (Lipinski definition) is 8. The molecule has 0 radical (unpaired) electrons. The Morgan fingerprint density at radius 3 is 2.22 bits per heavy atom. The van der Waals surface area contributed by atoms with Gasteiger partial charge in [0.2, 0.25) is 0 Å². The Balaban J connectivity index is 1.53. The average molecular weight is 640 g/mol. The first-order valence-corrected chi connectivity index (χ1v) is 14.6. The van der Waals surface area contributed by atoms with Gasteiger partial charge in [-0.15, -0.1) is 0 Å². The molecule has 234 valence electrons. The van der Waals surface area contributed by atoms with Crippen LogP contribution in [0.15, 0.2) is 108 Å². The van der Waals surface area contributed by atoms with Crippen LogP contribution in [0, 0.1) is 10.1 Å². The molecule has 4 aromatic carbocycles. The first-order valence-electron chi connectivity index (χ1n) is 14.2. The molecule has 0 aliphatic heterocycles. The van der Waals surface area contributed by atoms with Gasteiger partial charge in [-0.25, -0.2) is 10.2 Å². The molecule has 4 rings (SSSR count). The summed E-state index contributed by atoms with van der Waals surface area (Å²) in [5, 5.41) is 17.8. The van der Waals surface area contributed by atoms with Crippen LogP contribution in [0.5, 0.6) is 5.75 Å². The Labute approximate surface area is 270 Å². The second-order valence-corrected chi connectivity index (χ2v) is 10.1. The third-order valence-electron chi connectivity index (χ3n) is 6.75. The van der Waals surface area contributed by atoms with E-state index in [2.05, 4.69) is 34.6 Å². The summed E-state index contributed by atoms with van der Waals surface area (Å²) in [7, 11) is 0. The molecule has 11 nitrogen and oxygen atoms in total. The van der Waals surface area contributed by atoms with Crippen LogP contribution in [0.3, 0.4) is 0 Å². The third-order valence-corrected chi connectivity index (χ3v) is 7.08. The van der Waals surface area contributed by atoms with Gasteiger partial charge in [0.25, 0.3) is 17.5 Å². The zero-order chi connectivity index (χ0) is 33.1. The molecule has 0 unspecified atom stereocenters. The van der Waals surface area contributed by atoms with Crippen LogP contribution in [0.1, 0.15) is 45.7 Å². The number of ether oxygens (including phenoxy) is 1. The van der Waals surface area contributed by atoms with Crippen LogP contribution in [-0.2, 0) is 4.79 Å². The molecular formula is C34H30ClN5O6. The van der Waals surface area contributed by atoms with Gasteiger partial charge in [0.05, 0.1) is 27.3 Å². The number of benzene rings is 4. The molecule has 0 aromatic heterocycles. The van der Waals surface area contributed by atoms with E-state index in [4.69, 9.17) is 16.3 Å². The van der Waals surface area contributed by atoms with Crippen molar-refractivity contribution in [2.75, 3.05) is 18.0 Å². The molecular weight excluding hydrogens is 610 g/mol. The number of amides is 2. The van der Waals surface area contributed by atoms with Gasteiger partial charge in [-0.05, 0) is 74.0 Å². The minimum absolute atomic E-state index is 0.0875. The molecule has 0 saturated heterocycles. The van der Waals surface area contributed by atoms with Gasteiger partial charge in [0.15, 0.2) is 0 Å². The molecule has 0 heterocycles. The zero-order valence-electron chi connectivity index (χ0n) is 25.0. The van der Waals surface area contributed by atoms with Crippen molar-refractivity contribution in [2.45, 2.75) is 13.8 Å². The summed E-state index contributed by atoms with van der Waals surface area (Å²) in [5.74, 6) is -1.90. The van der Waals surface area contributed by atoms with E-state index in [1.54, 1.807) is 42.5 Å². The largest absolute Gasteiger partial charge is 0.422 e. The van der Waals surface area contributed by atoms with Crippen LogP contribution in [-0.4, -0.2) is 42.0 Å². The van der Waals surface area contributed by atoms with Crippen molar-refractivity contribution in [3.63, 3.8) is 0 Å². The van der Waals surface area contributed by atoms with E-state index in [-0.39, 0.29) is 33.3 Å². The lowest BCUT2D eigenvalue weighted by Gasteiger charge is -2.21. The van der Waals surface area contributed by atoms with Crippen molar-refractivity contribution in [1.82, 2.24) is 10.7 Å². The summed E-state index contributed by atoms with van der Waals surface area (Å²) in [5.41, 5.74) is 4.49. The van der Waals surface area contributed by atoms with Crippen molar-refractivity contribution in [2.24, 2.45) is 5.10 Å². The molecule has 12 heteroatoms. The highest BCUT2D eigenvalue weighted by atomic mass is 35.5. The van der Waals surface area contributed by atoms with E-state index in [0.29, 0.717) is 11.1 Å². The Bertz CT molecular complexity index is 1780. The lowest BCUT2D eigenvalue weighted by molar-refractivity contribution is -0.384. The Hall–Kier alpha value is -5.81. The fraction of sp³-hybridized carbons (Fsp3) is 0.118. The van der Waals surface area contributed by atoms with E-state index < -0.39 is 22.7 Å². The number of para-hydroxylation sites is 1. The first kappa shape index (κ1) is 33.1. The highest BCUT2D eigenvalue weighted by Crippen LogP contribution is 2.20. The maximum Gasteiger partial charge on any atom is 0.343 e. The number of carbonyl (C=O) groups is 3. The highest BCUT2D eigenvalue weighted by molar-refractivity contribution is 6.34. The average Bonchev–Trinajstić information content (AvgIpc) is 3.06. The summed E-state index contributed by atoms with van der Waals surface area (Å²) in [4.78, 5) is 51.5. The minimum Gasteiger partial charge on any atom is -0.422 e. The lowest BCUT2D eigenvalue weighted by atomic mass is 10.1. The van der Waals surface area contributed by atoms with Crippen molar-refractivity contribution in [3.8, 4) is 5.75 Å². The number of anilines is 1. The number of non-ortho nitro benzene ring substituents is 1. The van der Waals surface area contributed by atoms with Gasteiger partial charge in [0, 0.05) is 36.5 Å². The fourth-order valence-electron chi connectivity index (χ4n) is 4.31. The second-order valence-electron chi connectivity index (χ2n) is 9.69. The van der Waals surface area contributed by atoms with Crippen LogP contribution in [0.25, 0.3) is 6.08 Å². The smallest absolute Gasteiger partial charge is 0.343 e. The molecule has 2 N–H and O–H groups in total. The molecule has 0 aliphatic rings. The summed E-state index contributed by atoms with van der Waals surface area (Å²) < 4.78 is 5.47. The quantitative estimate of drug-likeness (QED) is 0.0467. The number of carbonyl (C=O) groups excluding carboxylic acids is 3. The number of nitrogens with zero attached hydrogens (tertiary/aromatic N) is 3. The Morgan fingerprint density at radius 2 is 1.57 bits per heavy atom. The van der Waals surface area contributed by atoms with E-state index in [0.717, 1.165) is 18.8 Å². The van der Waals surface area contributed by atoms with Crippen molar-refractivity contribution >= 4 is 53.0 Å². The van der Waals surface area contributed by atoms with Gasteiger partial charge in [-0.2, -0.15) is 5.10 Å². The summed E-state index contributed by atoms with van der Waals surface area (Å²) in [6.07, 6.45) is 2.80. The van der Waals surface area contributed by atoms with Gasteiger partial charge < -0.3 is 15.0 Å². The van der Waals surface area contributed by atoms with Gasteiger partial charge in [-0.1, -0.05) is 48.0 Å². The molecule has 0 fully saturated rings. The van der Waals surface area contributed by atoms with Gasteiger partial charge in [0.1, 0.15) is 11.4 Å². The van der Waals surface area contributed by atoms with Crippen LogP contribution < -0.4 is 20.4 Å². The summed E-state index contributed by atoms with van der Waals surface area (Å²) in [6, 6.07) is 25.4. The highest BCUT2D eigenvalue weighted by Gasteiger charge is 2.17. The molecule has 4 aromatic rings. The fourth-order valence-corrected chi connectivity index (χ4v) is 4.53. The van der Waals surface area contributed by atoms with E-state index in [1.807, 2.05) is 24.3 Å².